The van der Waals surface area contributed by atoms with Crippen LogP contribution in [0.3, 0.4) is 0 Å². The highest BCUT2D eigenvalue weighted by atomic mass is 32.1. The van der Waals surface area contributed by atoms with Gasteiger partial charge < -0.3 is 15.5 Å². The smallest absolute Gasteiger partial charge is 0.191 e. The molecule has 0 saturated carbocycles. The number of thiazole rings is 1. The predicted octanol–water partition coefficient (Wildman–Crippen LogP) is 3.16. The van der Waals surface area contributed by atoms with Gasteiger partial charge in [-0.25, -0.2) is 4.98 Å². The number of aromatic nitrogens is 1. The van der Waals surface area contributed by atoms with E-state index >= 15 is 0 Å². The van der Waals surface area contributed by atoms with E-state index in [1.165, 1.54) is 9.88 Å². The van der Waals surface area contributed by atoms with Gasteiger partial charge in [-0.15, -0.1) is 22.7 Å². The Labute approximate surface area is 151 Å². The minimum Gasteiger partial charge on any atom is -0.363 e. The third kappa shape index (κ3) is 4.27. The second-order valence-corrected chi connectivity index (χ2v) is 8.25. The minimum absolute atomic E-state index is 0.479. The first-order chi connectivity index (χ1) is 11.7. The predicted molar refractivity (Wildman–Crippen MR) is 104 cm³/mol. The second-order valence-electron chi connectivity index (χ2n) is 6.03. The molecule has 1 fully saturated rings. The van der Waals surface area contributed by atoms with E-state index in [2.05, 4.69) is 56.9 Å². The molecule has 0 atom stereocenters. The summed E-state index contributed by atoms with van der Waals surface area (Å²) in [5.41, 5.74) is 1.13. The zero-order chi connectivity index (χ0) is 16.9. The summed E-state index contributed by atoms with van der Waals surface area (Å²) in [6, 6.07) is 4.81. The van der Waals surface area contributed by atoms with Crippen LogP contribution in [-0.2, 0) is 6.54 Å². The number of aliphatic imine (C=N–C) groups is 1. The maximum Gasteiger partial charge on any atom is 0.191 e. The molecule has 3 heterocycles. The first-order valence-corrected chi connectivity index (χ1v) is 10.0. The van der Waals surface area contributed by atoms with Crippen molar-refractivity contribution in [3.8, 4) is 0 Å². The van der Waals surface area contributed by atoms with E-state index < -0.39 is 0 Å². The summed E-state index contributed by atoms with van der Waals surface area (Å²) >= 11 is 3.57. The lowest BCUT2D eigenvalue weighted by molar-refractivity contribution is 0.462. The number of nitrogens with zero attached hydrogens (tertiary/aromatic N) is 3. The van der Waals surface area contributed by atoms with Gasteiger partial charge in [0.1, 0.15) is 5.01 Å². The summed E-state index contributed by atoms with van der Waals surface area (Å²) in [6.07, 6.45) is 2.27. The van der Waals surface area contributed by atoms with Gasteiger partial charge in [0.25, 0.3) is 0 Å². The van der Waals surface area contributed by atoms with Gasteiger partial charge in [0.05, 0.1) is 17.2 Å². The van der Waals surface area contributed by atoms with Crippen molar-refractivity contribution < 1.29 is 0 Å². The lowest BCUT2D eigenvalue weighted by atomic mass is 10.1. The van der Waals surface area contributed by atoms with E-state index in [9.17, 15) is 0 Å². The van der Waals surface area contributed by atoms with Crippen LogP contribution in [0.1, 0.15) is 28.4 Å². The van der Waals surface area contributed by atoms with E-state index in [0.717, 1.165) is 49.1 Å². The summed E-state index contributed by atoms with van der Waals surface area (Å²) in [7, 11) is 1.83. The fraction of sp³-hybridized carbons (Fsp3) is 0.529. The highest BCUT2D eigenvalue weighted by Gasteiger charge is 2.20. The van der Waals surface area contributed by atoms with Crippen LogP contribution in [0.25, 0.3) is 0 Å². The number of aryl methyl sites for hydroxylation is 2. The molecule has 0 unspecified atom stereocenters. The van der Waals surface area contributed by atoms with Crippen LogP contribution < -0.4 is 15.5 Å². The first-order valence-electron chi connectivity index (χ1n) is 8.34. The molecule has 1 aliphatic rings. The Morgan fingerprint density at radius 1 is 1.38 bits per heavy atom. The molecule has 0 spiro atoms. The third-order valence-corrected chi connectivity index (χ3v) is 6.36. The number of rotatable bonds is 4. The third-order valence-electron chi connectivity index (χ3n) is 4.36. The molecule has 24 heavy (non-hydrogen) atoms. The van der Waals surface area contributed by atoms with Gasteiger partial charge >= 0.3 is 0 Å². The molecule has 2 aromatic rings. The number of thiophene rings is 1. The Bertz CT molecular complexity index is 650. The Morgan fingerprint density at radius 2 is 2.17 bits per heavy atom. The van der Waals surface area contributed by atoms with Crippen molar-refractivity contribution in [2.75, 3.05) is 25.0 Å². The normalized spacial score (nSPS) is 16.5. The zero-order valence-electron chi connectivity index (χ0n) is 14.5. The van der Waals surface area contributed by atoms with Gasteiger partial charge in [0.15, 0.2) is 5.96 Å². The molecule has 2 aromatic heterocycles. The largest absolute Gasteiger partial charge is 0.363 e. The van der Waals surface area contributed by atoms with E-state index in [-0.39, 0.29) is 0 Å². The summed E-state index contributed by atoms with van der Waals surface area (Å²) in [6.45, 7) is 7.10. The molecule has 0 aromatic carbocycles. The molecule has 2 N–H and O–H groups in total. The van der Waals surface area contributed by atoms with Crippen molar-refractivity contribution in [2.45, 2.75) is 39.3 Å². The van der Waals surface area contributed by atoms with Gasteiger partial charge in [-0.2, -0.15) is 0 Å². The van der Waals surface area contributed by atoms with Gasteiger partial charge in [0, 0.05) is 31.1 Å². The summed E-state index contributed by atoms with van der Waals surface area (Å²) < 4.78 is 0. The number of guanidine groups is 1. The SMILES string of the molecule is CN=C(NCc1nc(C)c(C)s1)NC1CCN(c2cccs2)CC1. The van der Waals surface area contributed by atoms with Crippen molar-refractivity contribution in [2.24, 2.45) is 4.99 Å². The van der Waals surface area contributed by atoms with Gasteiger partial charge in [-0.05, 0) is 44.2 Å². The van der Waals surface area contributed by atoms with Crippen LogP contribution >= 0.6 is 22.7 Å². The minimum atomic E-state index is 0.479. The topological polar surface area (TPSA) is 52.6 Å². The van der Waals surface area contributed by atoms with Crippen LogP contribution in [0.4, 0.5) is 5.00 Å². The second kappa shape index (κ2) is 7.98. The Balaban J connectivity index is 1.46. The van der Waals surface area contributed by atoms with Crippen LogP contribution in [0.5, 0.6) is 0 Å². The average molecular weight is 364 g/mol. The molecular weight excluding hydrogens is 338 g/mol. The standard InChI is InChI=1S/C17H25N5S2/c1-12-13(2)24-15(20-12)11-19-17(18-3)21-14-6-8-22(9-7-14)16-5-4-10-23-16/h4-5,10,14H,6-9,11H2,1-3H3,(H2,18,19,21). The van der Waals surface area contributed by atoms with Crippen molar-refractivity contribution in [3.05, 3.63) is 33.1 Å². The number of hydrogen-bond acceptors (Lipinski definition) is 5. The van der Waals surface area contributed by atoms with E-state index in [1.54, 1.807) is 11.3 Å². The van der Waals surface area contributed by atoms with Crippen LogP contribution in [0.15, 0.2) is 22.5 Å². The number of hydrogen-bond donors (Lipinski definition) is 2. The zero-order valence-corrected chi connectivity index (χ0v) is 16.1. The van der Waals surface area contributed by atoms with E-state index in [0.29, 0.717) is 6.04 Å². The molecule has 1 aliphatic heterocycles. The van der Waals surface area contributed by atoms with Crippen LogP contribution in [0, 0.1) is 13.8 Å². The molecule has 5 nitrogen and oxygen atoms in total. The fourth-order valence-electron chi connectivity index (χ4n) is 2.86. The highest BCUT2D eigenvalue weighted by molar-refractivity contribution is 7.14. The molecule has 130 valence electrons. The Morgan fingerprint density at radius 3 is 2.75 bits per heavy atom. The molecule has 0 amide bonds. The first kappa shape index (κ1) is 17.2. The lowest BCUT2D eigenvalue weighted by Crippen LogP contribution is -2.48. The lowest BCUT2D eigenvalue weighted by Gasteiger charge is -2.33. The number of nitrogens with one attached hydrogen (secondary N) is 2. The average Bonchev–Trinajstić information content (AvgIpc) is 3.23. The number of piperidine rings is 1. The number of anilines is 1. The van der Waals surface area contributed by atoms with Gasteiger partial charge in [0.2, 0.25) is 0 Å². The Hall–Kier alpha value is -1.60. The molecular formula is C17H25N5S2. The maximum atomic E-state index is 4.57. The van der Waals surface area contributed by atoms with E-state index in [1.807, 2.05) is 18.4 Å². The molecule has 7 heteroatoms. The van der Waals surface area contributed by atoms with Crippen molar-refractivity contribution in [1.29, 1.82) is 0 Å². The molecule has 1 saturated heterocycles. The molecule has 0 aliphatic carbocycles. The Kier molecular flexibility index (Phi) is 5.73. The van der Waals surface area contributed by atoms with Crippen LogP contribution in [0.2, 0.25) is 0 Å². The van der Waals surface area contributed by atoms with Crippen molar-refractivity contribution >= 4 is 33.6 Å². The summed E-state index contributed by atoms with van der Waals surface area (Å²) in [5.74, 6) is 0.870. The summed E-state index contributed by atoms with van der Waals surface area (Å²) in [5, 5.41) is 11.6. The molecule has 0 bridgehead atoms. The molecule has 0 radical (unpaired) electrons. The monoisotopic (exact) mass is 363 g/mol. The highest BCUT2D eigenvalue weighted by Crippen LogP contribution is 2.24. The van der Waals surface area contributed by atoms with Gasteiger partial charge in [-0.3, -0.25) is 4.99 Å². The van der Waals surface area contributed by atoms with Crippen molar-refractivity contribution in [1.82, 2.24) is 15.6 Å². The van der Waals surface area contributed by atoms with Gasteiger partial charge in [-0.1, -0.05) is 0 Å². The summed E-state index contributed by atoms with van der Waals surface area (Å²) in [4.78, 5) is 12.7. The van der Waals surface area contributed by atoms with E-state index in [4.69, 9.17) is 0 Å². The molecule has 3 rings (SSSR count). The fourth-order valence-corrected chi connectivity index (χ4v) is 4.52. The van der Waals surface area contributed by atoms with Crippen molar-refractivity contribution in [3.63, 3.8) is 0 Å². The quantitative estimate of drug-likeness (QED) is 0.647. The maximum absolute atomic E-state index is 4.57. The van der Waals surface area contributed by atoms with Crippen LogP contribution in [-0.4, -0.2) is 37.1 Å².